The number of H-pyrrole nitrogens is 1. The number of aryl methyl sites for hydroxylation is 1. The molecule has 0 aliphatic rings. The lowest BCUT2D eigenvalue weighted by Gasteiger charge is -1.95. The van der Waals surface area contributed by atoms with Crippen LogP contribution in [0.25, 0.3) is 0 Å². The molecule has 3 nitrogen and oxygen atoms in total. The van der Waals surface area contributed by atoms with Crippen molar-refractivity contribution in [1.82, 2.24) is 4.98 Å². The molecule has 56 valence electrons. The van der Waals surface area contributed by atoms with Gasteiger partial charge in [0.25, 0.3) is 0 Å². The topological polar surface area (TPSA) is 56.6 Å². The zero-order chi connectivity index (χ0) is 8.43. The van der Waals surface area contributed by atoms with Crippen molar-refractivity contribution in [3.63, 3.8) is 0 Å². The van der Waals surface area contributed by atoms with Gasteiger partial charge in [-0.2, -0.15) is 5.26 Å². The maximum atomic E-state index is 11.0. The molecule has 0 radical (unpaired) electrons. The van der Waals surface area contributed by atoms with E-state index in [9.17, 15) is 4.79 Å². The maximum Gasteiger partial charge on any atom is 0.201 e. The fourth-order valence-corrected chi connectivity index (χ4v) is 1.04. The van der Waals surface area contributed by atoms with Crippen LogP contribution >= 0.6 is 11.6 Å². The lowest BCUT2D eigenvalue weighted by Crippen LogP contribution is -2.07. The molecule has 0 saturated heterocycles. The lowest BCUT2D eigenvalue weighted by molar-refractivity contribution is 1.17. The van der Waals surface area contributed by atoms with Crippen LogP contribution in [0.2, 0.25) is 5.15 Å². The quantitative estimate of drug-likeness (QED) is 0.592. The van der Waals surface area contributed by atoms with Gasteiger partial charge in [-0.25, -0.2) is 0 Å². The van der Waals surface area contributed by atoms with Gasteiger partial charge in [0.05, 0.1) is 0 Å². The Balaban J connectivity index is 3.53. The van der Waals surface area contributed by atoms with Gasteiger partial charge in [-0.3, -0.25) is 4.79 Å². The second kappa shape index (κ2) is 2.77. The summed E-state index contributed by atoms with van der Waals surface area (Å²) in [5.74, 6) is 0. The van der Waals surface area contributed by atoms with Crippen molar-refractivity contribution in [1.29, 1.82) is 5.26 Å². The van der Waals surface area contributed by atoms with Gasteiger partial charge >= 0.3 is 0 Å². The van der Waals surface area contributed by atoms with Gasteiger partial charge in [-0.05, 0) is 6.92 Å². The number of aromatic amines is 1. The molecule has 0 fully saturated rings. The summed E-state index contributed by atoms with van der Waals surface area (Å²) in [5, 5.41) is 8.54. The SMILES string of the molecule is Cc1cc(=O)c(C#N)c(Cl)[nH]1. The predicted molar refractivity (Wildman–Crippen MR) is 41.5 cm³/mol. The van der Waals surface area contributed by atoms with Crippen molar-refractivity contribution < 1.29 is 0 Å². The normalized spacial score (nSPS) is 9.18. The Bertz CT molecular complexity index is 375. The molecule has 0 saturated carbocycles. The highest BCUT2D eigenvalue weighted by molar-refractivity contribution is 6.30. The third-order valence-corrected chi connectivity index (χ3v) is 1.52. The van der Waals surface area contributed by atoms with Crippen molar-refractivity contribution in [3.05, 3.63) is 32.7 Å². The molecular formula is C7H5ClN2O. The number of hydrogen-bond acceptors (Lipinski definition) is 2. The molecule has 0 aromatic carbocycles. The molecule has 0 aliphatic heterocycles. The Morgan fingerprint density at radius 2 is 2.36 bits per heavy atom. The fraction of sp³-hybridized carbons (Fsp3) is 0.143. The monoisotopic (exact) mass is 168 g/mol. The summed E-state index contributed by atoms with van der Waals surface area (Å²) in [4.78, 5) is 13.6. The third-order valence-electron chi connectivity index (χ3n) is 1.23. The Kier molecular flexibility index (Phi) is 1.97. The van der Waals surface area contributed by atoms with E-state index in [0.717, 1.165) is 0 Å². The van der Waals surface area contributed by atoms with E-state index in [2.05, 4.69) is 4.98 Å². The van der Waals surface area contributed by atoms with E-state index in [4.69, 9.17) is 16.9 Å². The molecule has 0 aliphatic carbocycles. The molecule has 0 atom stereocenters. The van der Waals surface area contributed by atoms with Crippen LogP contribution in [-0.2, 0) is 0 Å². The van der Waals surface area contributed by atoms with Gasteiger partial charge in [-0.15, -0.1) is 0 Å². The van der Waals surface area contributed by atoms with Gasteiger partial charge in [0.2, 0.25) is 5.43 Å². The summed E-state index contributed by atoms with van der Waals surface area (Å²) in [6.45, 7) is 1.70. The number of halogens is 1. The van der Waals surface area contributed by atoms with E-state index in [0.29, 0.717) is 5.69 Å². The van der Waals surface area contributed by atoms with Gasteiger partial charge in [0, 0.05) is 11.8 Å². The molecule has 1 rings (SSSR count). The molecule has 0 unspecified atom stereocenters. The number of pyridine rings is 1. The largest absolute Gasteiger partial charge is 0.349 e. The van der Waals surface area contributed by atoms with E-state index >= 15 is 0 Å². The van der Waals surface area contributed by atoms with Crippen molar-refractivity contribution in [2.75, 3.05) is 0 Å². The summed E-state index contributed by atoms with van der Waals surface area (Å²) in [7, 11) is 0. The lowest BCUT2D eigenvalue weighted by atomic mass is 10.3. The Morgan fingerprint density at radius 3 is 2.82 bits per heavy atom. The summed E-state index contributed by atoms with van der Waals surface area (Å²) >= 11 is 5.56. The van der Waals surface area contributed by atoms with E-state index in [1.165, 1.54) is 6.07 Å². The number of nitrogens with one attached hydrogen (secondary N) is 1. The molecule has 1 aromatic rings. The first-order chi connectivity index (χ1) is 5.15. The van der Waals surface area contributed by atoms with Crippen LogP contribution in [0, 0.1) is 18.3 Å². The van der Waals surface area contributed by atoms with E-state index in [-0.39, 0.29) is 16.1 Å². The number of aromatic nitrogens is 1. The van der Waals surface area contributed by atoms with Crippen molar-refractivity contribution in [3.8, 4) is 6.07 Å². The molecule has 1 N–H and O–H groups in total. The molecule has 11 heavy (non-hydrogen) atoms. The van der Waals surface area contributed by atoms with Crippen molar-refractivity contribution >= 4 is 11.6 Å². The van der Waals surface area contributed by atoms with Gasteiger partial charge in [0.15, 0.2) is 0 Å². The second-order valence-corrected chi connectivity index (χ2v) is 2.50. The second-order valence-electron chi connectivity index (χ2n) is 2.12. The van der Waals surface area contributed by atoms with Crippen LogP contribution in [0.15, 0.2) is 10.9 Å². The first kappa shape index (κ1) is 7.83. The van der Waals surface area contributed by atoms with E-state index in [1.54, 1.807) is 13.0 Å². The van der Waals surface area contributed by atoms with Crippen LogP contribution in [0.5, 0.6) is 0 Å². The highest BCUT2D eigenvalue weighted by Gasteiger charge is 2.03. The first-order valence-electron chi connectivity index (χ1n) is 2.94. The van der Waals surface area contributed by atoms with Crippen LogP contribution in [-0.4, -0.2) is 4.98 Å². The molecule has 0 bridgehead atoms. The standard InChI is InChI=1S/C7H5ClN2O/c1-4-2-6(11)5(3-9)7(8)10-4/h2H,1H3,(H,10,11). The fourth-order valence-electron chi connectivity index (χ4n) is 0.753. The predicted octanol–water partition coefficient (Wildman–Crippen LogP) is 1.21. The Morgan fingerprint density at radius 1 is 1.73 bits per heavy atom. The molecule has 4 heteroatoms. The van der Waals surface area contributed by atoms with Crippen molar-refractivity contribution in [2.24, 2.45) is 0 Å². The minimum atomic E-state index is -0.339. The van der Waals surface area contributed by atoms with E-state index in [1.807, 2.05) is 0 Å². The number of nitriles is 1. The number of nitrogens with zero attached hydrogens (tertiary/aromatic N) is 1. The highest BCUT2D eigenvalue weighted by atomic mass is 35.5. The Hall–Kier alpha value is -1.27. The smallest absolute Gasteiger partial charge is 0.201 e. The number of rotatable bonds is 0. The zero-order valence-corrected chi connectivity index (χ0v) is 6.57. The van der Waals surface area contributed by atoms with Crippen LogP contribution in [0.1, 0.15) is 11.3 Å². The molecular weight excluding hydrogens is 164 g/mol. The molecule has 0 amide bonds. The summed E-state index contributed by atoms with van der Waals surface area (Å²) in [6.07, 6.45) is 0. The summed E-state index contributed by atoms with van der Waals surface area (Å²) < 4.78 is 0. The molecule has 1 heterocycles. The Labute approximate surface area is 68.2 Å². The average molecular weight is 169 g/mol. The average Bonchev–Trinajstić information content (AvgIpc) is 1.85. The van der Waals surface area contributed by atoms with Crippen LogP contribution < -0.4 is 5.43 Å². The first-order valence-corrected chi connectivity index (χ1v) is 3.32. The highest BCUT2D eigenvalue weighted by Crippen LogP contribution is 2.06. The molecule has 0 spiro atoms. The number of hydrogen-bond donors (Lipinski definition) is 1. The van der Waals surface area contributed by atoms with Gasteiger partial charge < -0.3 is 4.98 Å². The zero-order valence-electron chi connectivity index (χ0n) is 5.81. The van der Waals surface area contributed by atoms with Crippen LogP contribution in [0.3, 0.4) is 0 Å². The minimum absolute atomic E-state index is 0.0303. The van der Waals surface area contributed by atoms with Gasteiger partial charge in [0.1, 0.15) is 16.8 Å². The van der Waals surface area contributed by atoms with Crippen molar-refractivity contribution in [2.45, 2.75) is 6.92 Å². The van der Waals surface area contributed by atoms with Gasteiger partial charge in [-0.1, -0.05) is 11.6 Å². The third kappa shape index (κ3) is 1.41. The summed E-state index contributed by atoms with van der Waals surface area (Å²) in [5.41, 5.74) is 0.282. The molecule has 1 aromatic heterocycles. The van der Waals surface area contributed by atoms with E-state index < -0.39 is 0 Å². The summed E-state index contributed by atoms with van der Waals surface area (Å²) in [6, 6.07) is 3.05. The maximum absolute atomic E-state index is 11.0. The van der Waals surface area contributed by atoms with Crippen LogP contribution in [0.4, 0.5) is 0 Å². The minimum Gasteiger partial charge on any atom is -0.349 e.